The van der Waals surface area contributed by atoms with Crippen LogP contribution in [0.15, 0.2) is 36.9 Å². The van der Waals surface area contributed by atoms with E-state index in [2.05, 4.69) is 11.9 Å². The zero-order valence-corrected chi connectivity index (χ0v) is 14.2. The largest absolute Gasteiger partial charge is 0.508 e. The van der Waals surface area contributed by atoms with Crippen LogP contribution in [-0.4, -0.2) is 42.5 Å². The molecule has 8 heteroatoms. The van der Waals surface area contributed by atoms with Gasteiger partial charge in [-0.25, -0.2) is 10.1 Å². The van der Waals surface area contributed by atoms with Crippen molar-refractivity contribution in [2.45, 2.75) is 25.5 Å². The number of ether oxygens (including phenoxy) is 2. The maximum absolute atomic E-state index is 12.4. The monoisotopic (exact) mass is 359 g/mol. The molecule has 8 nitrogen and oxygen atoms in total. The van der Waals surface area contributed by atoms with Crippen molar-refractivity contribution in [3.63, 3.8) is 0 Å². The van der Waals surface area contributed by atoms with E-state index in [-0.39, 0.29) is 24.4 Å². The number of carbonyl (C=O) groups excluding carboxylic acids is 4. The number of rotatable bonds is 8. The highest BCUT2D eigenvalue weighted by molar-refractivity contribution is 6.01. The molecule has 0 saturated carbocycles. The molecule has 26 heavy (non-hydrogen) atoms. The molecule has 1 aliphatic rings. The second kappa shape index (κ2) is 8.28. The van der Waals surface area contributed by atoms with Crippen molar-refractivity contribution in [1.82, 2.24) is 5.32 Å². The number of nitrogens with zero attached hydrogens (tertiary/aromatic N) is 1. The van der Waals surface area contributed by atoms with Gasteiger partial charge in [0.15, 0.2) is 5.78 Å². The van der Waals surface area contributed by atoms with Gasteiger partial charge in [0.2, 0.25) is 5.91 Å². The van der Waals surface area contributed by atoms with Crippen LogP contribution < -0.4 is 11.1 Å². The first-order chi connectivity index (χ1) is 12.3. The molecule has 0 aromatic heterocycles. The summed E-state index contributed by atoms with van der Waals surface area (Å²) in [5, 5.41) is 3.82. The first-order valence-electron chi connectivity index (χ1n) is 7.95. The van der Waals surface area contributed by atoms with E-state index in [0.29, 0.717) is 5.56 Å². The predicted molar refractivity (Wildman–Crippen MR) is 90.4 cm³/mol. The van der Waals surface area contributed by atoms with Crippen LogP contribution in [0.5, 0.6) is 0 Å². The third-order valence-corrected chi connectivity index (χ3v) is 3.96. The number of carbonyl (C=O) groups is 4. The lowest BCUT2D eigenvalue weighted by atomic mass is 9.82. The molecule has 1 aromatic rings. The number of amides is 2. The summed E-state index contributed by atoms with van der Waals surface area (Å²) in [5.74, 6) is -2.07. The second-order valence-electron chi connectivity index (χ2n) is 5.81. The number of hydrogen-bond acceptors (Lipinski definition) is 6. The van der Waals surface area contributed by atoms with E-state index in [1.54, 1.807) is 12.1 Å². The molecular formula is C18H19N2O6. The van der Waals surface area contributed by atoms with Gasteiger partial charge in [0.05, 0.1) is 12.0 Å². The van der Waals surface area contributed by atoms with Crippen LogP contribution in [0.3, 0.4) is 0 Å². The van der Waals surface area contributed by atoms with Gasteiger partial charge in [-0.2, -0.15) is 0 Å². The van der Waals surface area contributed by atoms with Crippen molar-refractivity contribution in [2.24, 2.45) is 11.7 Å². The topological polar surface area (TPSA) is 127 Å². The molecule has 1 fully saturated rings. The Morgan fingerprint density at radius 1 is 1.35 bits per heavy atom. The minimum atomic E-state index is -0.920. The Labute approximate surface area is 150 Å². The zero-order chi connectivity index (χ0) is 19.3. The standard InChI is InChI=1S/C18H19N2O6/c1-3-7-25-18(24)26-10(2)15-13(20-17(15)23)9-14(21)11-5-4-6-12(8-11)16(19)22/h3-6,8,10,13,15H,1,7,9H2,2H3,(H2,19,22)/t10-,13-,15-/m1/s1. The van der Waals surface area contributed by atoms with E-state index in [4.69, 9.17) is 15.2 Å². The number of nitrogens with two attached hydrogens (primary N) is 1. The van der Waals surface area contributed by atoms with Gasteiger partial charge in [0.25, 0.3) is 5.91 Å². The Morgan fingerprint density at radius 3 is 2.65 bits per heavy atom. The fourth-order valence-electron chi connectivity index (χ4n) is 2.64. The molecule has 1 aromatic carbocycles. The van der Waals surface area contributed by atoms with Crippen molar-refractivity contribution in [1.29, 1.82) is 0 Å². The number of hydrogen-bond donors (Lipinski definition) is 1. The normalized spacial score (nSPS) is 19.5. The fourth-order valence-corrected chi connectivity index (χ4v) is 2.64. The summed E-state index contributed by atoms with van der Waals surface area (Å²) in [6, 6.07) is 5.40. The molecule has 3 atom stereocenters. The predicted octanol–water partition coefficient (Wildman–Crippen LogP) is 1.22. The number of primary amides is 1. The lowest BCUT2D eigenvalue weighted by Gasteiger charge is -2.36. The highest BCUT2D eigenvalue weighted by Crippen LogP contribution is 2.27. The average Bonchev–Trinajstić information content (AvgIpc) is 2.59. The molecule has 0 spiro atoms. The van der Waals surface area contributed by atoms with Crippen molar-refractivity contribution >= 4 is 23.8 Å². The van der Waals surface area contributed by atoms with Crippen molar-refractivity contribution < 1.29 is 28.7 Å². The summed E-state index contributed by atoms with van der Waals surface area (Å²) in [7, 11) is 0. The molecule has 1 aliphatic heterocycles. The number of ketones is 1. The second-order valence-corrected chi connectivity index (χ2v) is 5.81. The van der Waals surface area contributed by atoms with Gasteiger partial charge in [0, 0.05) is 17.5 Å². The molecule has 0 unspecified atom stereocenters. The number of β-lactam (4-membered cyclic amide) rings is 1. The average molecular weight is 359 g/mol. The SMILES string of the molecule is C=CCOC(=O)O[C@H](C)[C@H]1C(=O)[N][C@@H]1CC(=O)c1cccc(C(N)=O)c1. The molecule has 0 aliphatic carbocycles. The van der Waals surface area contributed by atoms with E-state index in [9.17, 15) is 19.2 Å². The molecule has 1 saturated heterocycles. The van der Waals surface area contributed by atoms with E-state index < -0.39 is 36.0 Å². The molecule has 1 heterocycles. The van der Waals surface area contributed by atoms with E-state index in [1.807, 2.05) is 0 Å². The third kappa shape index (κ3) is 4.47. The van der Waals surface area contributed by atoms with Crippen LogP contribution in [-0.2, 0) is 14.3 Å². The molecule has 2 amide bonds. The van der Waals surface area contributed by atoms with Crippen LogP contribution >= 0.6 is 0 Å². The summed E-state index contributed by atoms with van der Waals surface area (Å²) in [4.78, 5) is 46.8. The van der Waals surface area contributed by atoms with E-state index in [1.165, 1.54) is 25.1 Å². The Balaban J connectivity index is 1.98. The number of benzene rings is 1. The van der Waals surface area contributed by atoms with Crippen molar-refractivity contribution in [3.05, 3.63) is 48.0 Å². The zero-order valence-electron chi connectivity index (χ0n) is 14.2. The van der Waals surface area contributed by atoms with Crippen molar-refractivity contribution in [2.75, 3.05) is 6.61 Å². The lowest BCUT2D eigenvalue weighted by Crippen LogP contribution is -2.58. The summed E-state index contributed by atoms with van der Waals surface area (Å²) >= 11 is 0. The Hall–Kier alpha value is -3.16. The fraction of sp³-hybridized carbons (Fsp3) is 0.333. The minimum absolute atomic E-state index is 0.00728. The summed E-state index contributed by atoms with van der Waals surface area (Å²) in [6.07, 6.45) is -0.366. The van der Waals surface area contributed by atoms with Gasteiger partial charge in [-0.3, -0.25) is 14.4 Å². The van der Waals surface area contributed by atoms with Gasteiger partial charge in [-0.05, 0) is 19.1 Å². The van der Waals surface area contributed by atoms with Crippen LogP contribution in [0.25, 0.3) is 0 Å². The molecule has 2 N–H and O–H groups in total. The van der Waals surface area contributed by atoms with E-state index >= 15 is 0 Å². The van der Waals surface area contributed by atoms with Gasteiger partial charge < -0.3 is 15.2 Å². The van der Waals surface area contributed by atoms with Gasteiger partial charge >= 0.3 is 6.16 Å². The van der Waals surface area contributed by atoms with E-state index in [0.717, 1.165) is 0 Å². The lowest BCUT2D eigenvalue weighted by molar-refractivity contribution is -0.141. The highest BCUT2D eigenvalue weighted by atomic mass is 16.7. The van der Waals surface area contributed by atoms with Gasteiger partial charge in [-0.15, -0.1) is 0 Å². The first kappa shape index (κ1) is 19.2. The Morgan fingerprint density at radius 2 is 2.04 bits per heavy atom. The summed E-state index contributed by atoms with van der Waals surface area (Å²) < 4.78 is 9.74. The third-order valence-electron chi connectivity index (χ3n) is 3.96. The van der Waals surface area contributed by atoms with Crippen LogP contribution in [0.1, 0.15) is 34.1 Å². The number of Topliss-reactive ketones (excluding diaryl/α,β-unsaturated/α-hetero) is 1. The van der Waals surface area contributed by atoms with Gasteiger partial charge in [0.1, 0.15) is 12.7 Å². The molecule has 2 rings (SSSR count). The maximum atomic E-state index is 12.4. The molecular weight excluding hydrogens is 340 g/mol. The summed E-state index contributed by atoms with van der Waals surface area (Å²) in [5.41, 5.74) is 5.72. The summed E-state index contributed by atoms with van der Waals surface area (Å²) in [6.45, 7) is 4.94. The Bertz CT molecular complexity index is 745. The van der Waals surface area contributed by atoms with Crippen LogP contribution in [0, 0.1) is 5.92 Å². The molecule has 0 bridgehead atoms. The molecule has 1 radical (unpaired) electrons. The van der Waals surface area contributed by atoms with Crippen LogP contribution in [0.4, 0.5) is 4.79 Å². The van der Waals surface area contributed by atoms with Crippen molar-refractivity contribution in [3.8, 4) is 0 Å². The minimum Gasteiger partial charge on any atom is -0.430 e. The Kier molecular flexibility index (Phi) is 6.11. The highest BCUT2D eigenvalue weighted by Gasteiger charge is 2.47. The quantitative estimate of drug-likeness (QED) is 0.322. The first-order valence-corrected chi connectivity index (χ1v) is 7.95. The van der Waals surface area contributed by atoms with Gasteiger partial charge in [-0.1, -0.05) is 24.8 Å². The van der Waals surface area contributed by atoms with Crippen LogP contribution in [0.2, 0.25) is 0 Å². The molecule has 137 valence electrons. The maximum Gasteiger partial charge on any atom is 0.508 e. The smallest absolute Gasteiger partial charge is 0.430 e.